The van der Waals surface area contributed by atoms with E-state index in [0.717, 1.165) is 31.2 Å². The molecule has 2 fully saturated rings. The molecule has 188 valence electrons. The third-order valence-corrected chi connectivity index (χ3v) is 6.40. The molecular formula is C25H34O9. The summed E-state index contributed by atoms with van der Waals surface area (Å²) in [5, 5.41) is 9.88. The fourth-order valence-corrected chi connectivity index (χ4v) is 4.90. The van der Waals surface area contributed by atoms with E-state index in [2.05, 4.69) is 0 Å². The first kappa shape index (κ1) is 26.0. The topological polar surface area (TPSA) is 118 Å². The molecule has 34 heavy (non-hydrogen) atoms. The number of hydrogen-bond donors (Lipinski definition) is 1. The minimum absolute atomic E-state index is 0.263. The van der Waals surface area contributed by atoms with E-state index in [4.69, 9.17) is 23.7 Å². The zero-order valence-corrected chi connectivity index (χ0v) is 20.3. The van der Waals surface area contributed by atoms with Gasteiger partial charge in [0.15, 0.2) is 18.3 Å². The molecule has 5 atom stereocenters. The van der Waals surface area contributed by atoms with E-state index >= 15 is 0 Å². The van der Waals surface area contributed by atoms with Gasteiger partial charge in [0.25, 0.3) is 0 Å². The normalized spacial score (nSPS) is 31.3. The number of methoxy groups -OCH3 is 1. The second-order valence-electron chi connectivity index (χ2n) is 8.99. The number of aliphatic hydroxyl groups excluding tert-OH is 1. The van der Waals surface area contributed by atoms with E-state index in [1.807, 2.05) is 18.2 Å². The summed E-state index contributed by atoms with van der Waals surface area (Å²) in [4.78, 5) is 35.7. The molecule has 1 aromatic rings. The van der Waals surface area contributed by atoms with Gasteiger partial charge >= 0.3 is 17.9 Å². The van der Waals surface area contributed by atoms with Crippen molar-refractivity contribution >= 4 is 17.9 Å². The van der Waals surface area contributed by atoms with Gasteiger partial charge in [0, 0.05) is 26.3 Å². The summed E-state index contributed by atoms with van der Waals surface area (Å²) in [7, 11) is 1.54. The van der Waals surface area contributed by atoms with Crippen LogP contribution in [0, 0.1) is 0 Å². The standard InChI is InChI=1S/C25H34O9/c1-13-22(32-14(2)26)24(33-15(3)27)25(34-16(4)28)23(31-13)20-12-18(8-11-21(20)30-5)17-6-9-19(29)10-7-17/h8,11-13,17,19,22-25,29H,6-7,9-10H2,1-5H3/t13-,17?,19?,22+,23+,24+,25+/m0/s1. The van der Waals surface area contributed by atoms with Crippen molar-refractivity contribution in [2.45, 2.75) is 95.9 Å². The summed E-state index contributed by atoms with van der Waals surface area (Å²) in [6, 6.07) is 5.79. The van der Waals surface area contributed by atoms with Crippen molar-refractivity contribution in [3.8, 4) is 5.75 Å². The number of esters is 3. The Hall–Kier alpha value is -2.65. The van der Waals surface area contributed by atoms with Crippen LogP contribution in [0.1, 0.15) is 76.5 Å². The van der Waals surface area contributed by atoms with Crippen molar-refractivity contribution in [1.29, 1.82) is 0 Å². The SMILES string of the molecule is COc1ccc(C2CCC(O)CC2)cc1[C@H]1O[C@@H](C)[C@@H](OC(C)=O)[C@@H](OC(C)=O)[C@@H]1OC(C)=O. The molecule has 1 aliphatic carbocycles. The largest absolute Gasteiger partial charge is 0.496 e. The van der Waals surface area contributed by atoms with Crippen molar-refractivity contribution in [1.82, 2.24) is 0 Å². The molecule has 1 aromatic carbocycles. The highest BCUT2D eigenvalue weighted by Crippen LogP contribution is 2.43. The van der Waals surface area contributed by atoms with Crippen LogP contribution in [0.4, 0.5) is 0 Å². The lowest BCUT2D eigenvalue weighted by atomic mass is 9.81. The van der Waals surface area contributed by atoms with Gasteiger partial charge in [-0.2, -0.15) is 0 Å². The van der Waals surface area contributed by atoms with E-state index < -0.39 is 48.4 Å². The average Bonchev–Trinajstić information content (AvgIpc) is 2.77. The average molecular weight is 479 g/mol. The molecule has 1 N–H and O–H groups in total. The summed E-state index contributed by atoms with van der Waals surface area (Å²) in [5.41, 5.74) is 1.70. The predicted octanol–water partition coefficient (Wildman–Crippen LogP) is 2.97. The summed E-state index contributed by atoms with van der Waals surface area (Å²) < 4.78 is 28.4. The molecule has 9 heteroatoms. The molecule has 9 nitrogen and oxygen atoms in total. The monoisotopic (exact) mass is 478 g/mol. The number of carbonyl (C=O) groups excluding carboxylic acids is 3. The minimum atomic E-state index is -1.07. The lowest BCUT2D eigenvalue weighted by molar-refractivity contribution is -0.245. The highest BCUT2D eigenvalue weighted by Gasteiger charge is 2.51. The van der Waals surface area contributed by atoms with Crippen LogP contribution in [-0.4, -0.2) is 60.6 Å². The van der Waals surface area contributed by atoms with E-state index in [0.29, 0.717) is 11.3 Å². The quantitative estimate of drug-likeness (QED) is 0.486. The molecule has 0 amide bonds. The Kier molecular flexibility index (Phi) is 8.54. The third kappa shape index (κ3) is 6.07. The fourth-order valence-electron chi connectivity index (χ4n) is 4.90. The van der Waals surface area contributed by atoms with Gasteiger partial charge < -0.3 is 28.8 Å². The molecule has 1 heterocycles. The van der Waals surface area contributed by atoms with E-state index in [1.165, 1.54) is 27.9 Å². The highest BCUT2D eigenvalue weighted by atomic mass is 16.6. The van der Waals surface area contributed by atoms with Gasteiger partial charge in [0.1, 0.15) is 11.9 Å². The molecule has 0 bridgehead atoms. The second kappa shape index (κ2) is 11.2. The number of carbonyl (C=O) groups is 3. The maximum atomic E-state index is 12.0. The van der Waals surface area contributed by atoms with Gasteiger partial charge in [-0.3, -0.25) is 14.4 Å². The summed E-state index contributed by atoms with van der Waals surface area (Å²) in [6.45, 7) is 5.45. The zero-order valence-electron chi connectivity index (χ0n) is 20.3. The molecular weight excluding hydrogens is 444 g/mol. The smallest absolute Gasteiger partial charge is 0.303 e. The van der Waals surface area contributed by atoms with Crippen molar-refractivity contribution in [3.63, 3.8) is 0 Å². The number of hydrogen-bond acceptors (Lipinski definition) is 9. The molecule has 0 aromatic heterocycles. The van der Waals surface area contributed by atoms with Gasteiger partial charge in [-0.1, -0.05) is 6.07 Å². The van der Waals surface area contributed by atoms with E-state index in [1.54, 1.807) is 6.92 Å². The molecule has 2 aliphatic rings. The van der Waals surface area contributed by atoms with Crippen LogP contribution in [0.2, 0.25) is 0 Å². The molecule has 1 aliphatic heterocycles. The van der Waals surface area contributed by atoms with E-state index in [-0.39, 0.29) is 12.0 Å². The molecule has 3 rings (SSSR count). The first-order valence-corrected chi connectivity index (χ1v) is 11.6. The summed E-state index contributed by atoms with van der Waals surface area (Å²) in [5.74, 6) is -0.977. The van der Waals surface area contributed by atoms with Crippen LogP contribution in [0.5, 0.6) is 5.75 Å². The Bertz CT molecular complexity index is 890. The molecule has 1 saturated heterocycles. The van der Waals surface area contributed by atoms with Crippen LogP contribution >= 0.6 is 0 Å². The van der Waals surface area contributed by atoms with Gasteiger partial charge in [0.05, 0.1) is 19.3 Å². The maximum Gasteiger partial charge on any atom is 0.303 e. The zero-order chi connectivity index (χ0) is 25.0. The lowest BCUT2D eigenvalue weighted by Crippen LogP contribution is -2.57. The van der Waals surface area contributed by atoms with Crippen molar-refractivity contribution in [2.24, 2.45) is 0 Å². The fraction of sp³-hybridized carbons (Fsp3) is 0.640. The van der Waals surface area contributed by atoms with Crippen LogP contribution in [-0.2, 0) is 33.3 Å². The Balaban J connectivity index is 2.04. The van der Waals surface area contributed by atoms with Gasteiger partial charge in [-0.05, 0) is 56.2 Å². The Morgan fingerprint density at radius 1 is 0.882 bits per heavy atom. The molecule has 0 radical (unpaired) electrons. The maximum absolute atomic E-state index is 12.0. The first-order chi connectivity index (χ1) is 16.1. The number of rotatable bonds is 6. The van der Waals surface area contributed by atoms with Crippen LogP contribution in [0.25, 0.3) is 0 Å². The van der Waals surface area contributed by atoms with Crippen LogP contribution in [0.15, 0.2) is 18.2 Å². The predicted molar refractivity (Wildman–Crippen MR) is 120 cm³/mol. The van der Waals surface area contributed by atoms with Crippen LogP contribution < -0.4 is 4.74 Å². The number of benzene rings is 1. The van der Waals surface area contributed by atoms with Gasteiger partial charge in [-0.15, -0.1) is 0 Å². The van der Waals surface area contributed by atoms with Gasteiger partial charge in [0.2, 0.25) is 0 Å². The van der Waals surface area contributed by atoms with Crippen molar-refractivity contribution < 1.29 is 43.2 Å². The second-order valence-corrected chi connectivity index (χ2v) is 8.99. The highest BCUT2D eigenvalue weighted by molar-refractivity contribution is 5.68. The Morgan fingerprint density at radius 3 is 2.00 bits per heavy atom. The lowest BCUT2D eigenvalue weighted by Gasteiger charge is -2.44. The van der Waals surface area contributed by atoms with Crippen molar-refractivity contribution in [3.05, 3.63) is 29.3 Å². The Morgan fingerprint density at radius 2 is 1.44 bits per heavy atom. The third-order valence-electron chi connectivity index (χ3n) is 6.40. The molecule has 0 spiro atoms. The van der Waals surface area contributed by atoms with E-state index in [9.17, 15) is 19.5 Å². The van der Waals surface area contributed by atoms with Gasteiger partial charge in [-0.25, -0.2) is 0 Å². The minimum Gasteiger partial charge on any atom is -0.496 e. The van der Waals surface area contributed by atoms with Crippen molar-refractivity contribution in [2.75, 3.05) is 7.11 Å². The first-order valence-electron chi connectivity index (χ1n) is 11.6. The number of aliphatic hydroxyl groups is 1. The number of ether oxygens (including phenoxy) is 5. The summed E-state index contributed by atoms with van der Waals surface area (Å²) in [6.07, 6.45) is -1.70. The summed E-state index contributed by atoms with van der Waals surface area (Å²) >= 11 is 0. The Labute approximate surface area is 199 Å². The molecule has 0 unspecified atom stereocenters. The molecule has 1 saturated carbocycles. The van der Waals surface area contributed by atoms with Crippen LogP contribution in [0.3, 0.4) is 0 Å².